The number of nitrogens with one attached hydrogen (secondary N) is 1. The highest BCUT2D eigenvalue weighted by molar-refractivity contribution is 7.25. The fraction of sp³-hybridized carbons (Fsp3) is 0.0727. The van der Waals surface area contributed by atoms with Gasteiger partial charge in [0.15, 0.2) is 5.84 Å². The minimum atomic E-state index is -0.213. The van der Waals surface area contributed by atoms with Gasteiger partial charge in [-0.1, -0.05) is 176 Å². The number of amidine groups is 2. The molecule has 11 rings (SSSR count). The highest BCUT2D eigenvalue weighted by Crippen LogP contribution is 2.36. The molecule has 3 N–H and O–H groups in total. The van der Waals surface area contributed by atoms with Crippen LogP contribution in [0.4, 0.5) is 0 Å². The van der Waals surface area contributed by atoms with Crippen molar-refractivity contribution in [1.82, 2.24) is 5.32 Å². The van der Waals surface area contributed by atoms with Gasteiger partial charge in [0.05, 0.1) is 11.3 Å². The Bertz CT molecular complexity index is 3100. The summed E-state index contributed by atoms with van der Waals surface area (Å²) < 4.78 is 2.58. The minimum absolute atomic E-state index is 0.150. The van der Waals surface area contributed by atoms with Crippen molar-refractivity contribution in [3.8, 4) is 11.1 Å². The Morgan fingerprint density at radius 2 is 1.20 bits per heavy atom. The smallest absolute Gasteiger partial charge is 0.235 e. The number of fused-ring (bicyclic) bond motifs is 3. The van der Waals surface area contributed by atoms with Crippen LogP contribution in [0.5, 0.6) is 0 Å². The van der Waals surface area contributed by atoms with Crippen LogP contribution in [0.2, 0.25) is 0 Å². The molecule has 1 aromatic heterocycles. The second kappa shape index (κ2) is 16.1. The molecule has 7 aromatic carbocycles. The molecule has 0 spiro atoms. The molecule has 0 bridgehead atoms. The van der Waals surface area contributed by atoms with Gasteiger partial charge in [0.25, 0.3) is 0 Å². The quantitative estimate of drug-likeness (QED) is 0.158. The maximum absolute atomic E-state index is 5.30. The van der Waals surface area contributed by atoms with Crippen LogP contribution in [0.1, 0.15) is 58.1 Å². The number of thiophene rings is 1. The number of rotatable bonds is 8. The first-order chi connectivity index (χ1) is 30.2. The molecule has 5 nitrogen and oxygen atoms in total. The Kier molecular flexibility index (Phi) is 9.70. The molecule has 0 fully saturated rings. The molecule has 3 atom stereocenters. The standard InChI is InChI=1S/C55H41N5S/c1-4-14-36(15-5-1)37-26-28-40(29-27-37)54-58-53(39-18-8-3-9-19-39)59-55(60-54)45-23-13-21-42(33-45)41-20-12-22-43(32-41)48-35-49(57-52(56-48)38-16-6-2-7-17-38)44-30-31-47-46-24-10-11-25-50(46)61-51(47)34-44/h1-19,21-35,41,52-53,56H,20H2,(H,58,59,60)/p+1. The molecule has 1 aliphatic carbocycles. The van der Waals surface area contributed by atoms with E-state index in [1.807, 2.05) is 17.4 Å². The van der Waals surface area contributed by atoms with E-state index in [-0.39, 0.29) is 18.2 Å². The third kappa shape index (κ3) is 7.48. The normalized spacial score (nSPS) is 18.8. The summed E-state index contributed by atoms with van der Waals surface area (Å²) >= 11 is 1.84. The van der Waals surface area contributed by atoms with Crippen molar-refractivity contribution in [2.45, 2.75) is 24.7 Å². The van der Waals surface area contributed by atoms with Gasteiger partial charge in [-0.25, -0.2) is 4.99 Å². The average Bonchev–Trinajstić information content (AvgIpc) is 3.73. The van der Waals surface area contributed by atoms with E-state index >= 15 is 0 Å². The van der Waals surface area contributed by atoms with Crippen molar-refractivity contribution in [1.29, 1.82) is 0 Å². The number of hydrogen-bond donors (Lipinski definition) is 2. The molecule has 0 saturated carbocycles. The Labute approximate surface area is 359 Å². The molecule has 3 unspecified atom stereocenters. The predicted molar refractivity (Wildman–Crippen MR) is 253 cm³/mol. The fourth-order valence-corrected chi connectivity index (χ4v) is 9.77. The lowest BCUT2D eigenvalue weighted by atomic mass is 9.87. The summed E-state index contributed by atoms with van der Waals surface area (Å²) in [6.45, 7) is 0. The number of aliphatic imine (C=N–C) groups is 3. The molecule has 3 heterocycles. The van der Waals surface area contributed by atoms with Gasteiger partial charge in [-0.05, 0) is 64.6 Å². The molecule has 2 aliphatic heterocycles. The predicted octanol–water partition coefficient (Wildman–Crippen LogP) is 11.8. The molecule has 0 saturated heterocycles. The van der Waals surface area contributed by atoms with Gasteiger partial charge in [-0.3, -0.25) is 10.3 Å². The summed E-state index contributed by atoms with van der Waals surface area (Å²) in [6.07, 6.45) is 9.76. The average molecular weight is 805 g/mol. The number of nitrogens with two attached hydrogens (primary N) is 1. The molecule has 61 heavy (non-hydrogen) atoms. The number of quaternary nitrogens is 1. The Morgan fingerprint density at radius 1 is 0.541 bits per heavy atom. The lowest BCUT2D eigenvalue weighted by molar-refractivity contribution is -0.586. The number of hydrogen-bond acceptors (Lipinski definition) is 5. The topological polar surface area (TPSA) is 65.7 Å². The van der Waals surface area contributed by atoms with Crippen LogP contribution >= 0.6 is 11.3 Å². The molecule has 292 valence electrons. The van der Waals surface area contributed by atoms with Gasteiger partial charge in [0.1, 0.15) is 6.17 Å². The SMILES string of the molecule is C1=CC(C2=CC(c3ccc4c(c3)sc3ccccc34)=NC(c3ccccc3)N2)=CC(c2cccc(C3=NC(c4ccc(-c5ccccc5)cc4)=NC(c4ccccc4)[NH2+]3)c2)C1. The highest BCUT2D eigenvalue weighted by atomic mass is 32.1. The summed E-state index contributed by atoms with van der Waals surface area (Å²) in [5.41, 5.74) is 12.3. The first-order valence-corrected chi connectivity index (χ1v) is 21.7. The van der Waals surface area contributed by atoms with Crippen molar-refractivity contribution in [2.24, 2.45) is 15.0 Å². The van der Waals surface area contributed by atoms with E-state index in [9.17, 15) is 0 Å². The van der Waals surface area contributed by atoms with E-state index in [1.165, 1.54) is 36.9 Å². The van der Waals surface area contributed by atoms with Crippen LogP contribution in [-0.2, 0) is 0 Å². The zero-order valence-electron chi connectivity index (χ0n) is 33.4. The zero-order valence-corrected chi connectivity index (χ0v) is 34.2. The summed E-state index contributed by atoms with van der Waals surface area (Å²) in [6, 6.07) is 64.5. The van der Waals surface area contributed by atoms with Crippen molar-refractivity contribution in [3.63, 3.8) is 0 Å². The van der Waals surface area contributed by atoms with Gasteiger partial charge in [0.2, 0.25) is 12.0 Å². The lowest BCUT2D eigenvalue weighted by Crippen LogP contribution is -2.90. The molecule has 0 amide bonds. The van der Waals surface area contributed by atoms with E-state index in [1.54, 1.807) is 0 Å². The number of benzene rings is 7. The van der Waals surface area contributed by atoms with Crippen molar-refractivity contribution in [3.05, 3.63) is 251 Å². The molecular weight excluding hydrogens is 763 g/mol. The molecule has 6 heteroatoms. The first-order valence-electron chi connectivity index (χ1n) is 20.9. The van der Waals surface area contributed by atoms with E-state index in [0.717, 1.165) is 62.9 Å². The summed E-state index contributed by atoms with van der Waals surface area (Å²) in [5.74, 6) is 1.86. The maximum atomic E-state index is 5.30. The third-order valence-corrected chi connectivity index (χ3v) is 12.9. The monoisotopic (exact) mass is 804 g/mol. The molecule has 8 aromatic rings. The van der Waals surface area contributed by atoms with E-state index in [0.29, 0.717) is 0 Å². The van der Waals surface area contributed by atoms with Crippen molar-refractivity contribution >= 4 is 48.9 Å². The summed E-state index contributed by atoms with van der Waals surface area (Å²) in [5, 5.41) is 8.61. The van der Waals surface area contributed by atoms with Crippen LogP contribution in [0.3, 0.4) is 0 Å². The Hall–Kier alpha value is -7.25. The Balaban J connectivity index is 0.920. The lowest BCUT2D eigenvalue weighted by Gasteiger charge is -2.27. The van der Waals surface area contributed by atoms with Crippen LogP contribution < -0.4 is 10.6 Å². The Morgan fingerprint density at radius 3 is 2.02 bits per heavy atom. The number of allylic oxidation sites excluding steroid dienone is 4. The van der Waals surface area contributed by atoms with Crippen LogP contribution in [0, 0.1) is 0 Å². The highest BCUT2D eigenvalue weighted by Gasteiger charge is 2.27. The fourth-order valence-electron chi connectivity index (χ4n) is 8.62. The summed E-state index contributed by atoms with van der Waals surface area (Å²) in [7, 11) is 0. The van der Waals surface area contributed by atoms with Gasteiger partial charge in [-0.15, -0.1) is 11.3 Å². The summed E-state index contributed by atoms with van der Waals surface area (Å²) in [4.78, 5) is 15.7. The number of nitrogens with zero attached hydrogens (tertiary/aromatic N) is 3. The third-order valence-electron chi connectivity index (χ3n) is 11.8. The van der Waals surface area contributed by atoms with Crippen LogP contribution in [-0.4, -0.2) is 17.4 Å². The molecule has 0 radical (unpaired) electrons. The van der Waals surface area contributed by atoms with E-state index < -0.39 is 0 Å². The zero-order chi connectivity index (χ0) is 40.5. The largest absolute Gasteiger partial charge is 0.360 e. The van der Waals surface area contributed by atoms with Crippen LogP contribution in [0.25, 0.3) is 31.3 Å². The van der Waals surface area contributed by atoms with Gasteiger partial charge in [0, 0.05) is 48.5 Å². The van der Waals surface area contributed by atoms with Gasteiger partial charge < -0.3 is 5.32 Å². The maximum Gasteiger partial charge on any atom is 0.235 e. The molecular formula is C55H42N5S+. The van der Waals surface area contributed by atoms with Crippen LogP contribution in [0.15, 0.2) is 233 Å². The second-order valence-electron chi connectivity index (χ2n) is 15.7. The van der Waals surface area contributed by atoms with E-state index in [4.69, 9.17) is 15.0 Å². The van der Waals surface area contributed by atoms with Crippen molar-refractivity contribution in [2.75, 3.05) is 0 Å². The minimum Gasteiger partial charge on any atom is -0.360 e. The first kappa shape index (κ1) is 36.8. The van der Waals surface area contributed by atoms with Gasteiger partial charge >= 0.3 is 0 Å². The van der Waals surface area contributed by atoms with E-state index in [2.05, 4.69) is 211 Å². The second-order valence-corrected chi connectivity index (χ2v) is 16.8. The molecule has 3 aliphatic rings. The van der Waals surface area contributed by atoms with Gasteiger partial charge in [-0.2, -0.15) is 4.99 Å². The van der Waals surface area contributed by atoms with Crippen molar-refractivity contribution < 1.29 is 5.32 Å².